The van der Waals surface area contributed by atoms with E-state index in [9.17, 15) is 34.5 Å². The van der Waals surface area contributed by atoms with E-state index in [0.717, 1.165) is 14.0 Å². The summed E-state index contributed by atoms with van der Waals surface area (Å²) >= 11 is 0. The summed E-state index contributed by atoms with van der Waals surface area (Å²) in [4.78, 5) is 50.9. The van der Waals surface area contributed by atoms with Crippen molar-refractivity contribution in [2.75, 3.05) is 13.7 Å². The van der Waals surface area contributed by atoms with E-state index in [1.54, 1.807) is 13.8 Å². The van der Waals surface area contributed by atoms with Crippen molar-refractivity contribution in [1.29, 1.82) is 0 Å². The van der Waals surface area contributed by atoms with Crippen molar-refractivity contribution in [3.05, 3.63) is 11.3 Å². The van der Waals surface area contributed by atoms with Crippen LogP contribution in [0, 0.1) is 28.6 Å². The lowest BCUT2D eigenvalue weighted by Gasteiger charge is -2.67. The summed E-state index contributed by atoms with van der Waals surface area (Å²) in [5.74, 6) is -6.15. The minimum atomic E-state index is -2.18. The molecule has 4 fully saturated rings. The number of carbonyl (C=O) groups is 4. The quantitative estimate of drug-likeness (QED) is 0.347. The van der Waals surface area contributed by atoms with Crippen LogP contribution in [-0.4, -0.2) is 82.7 Å². The molecule has 2 aliphatic heterocycles. The lowest BCUT2D eigenvalue weighted by atomic mass is 9.38. The summed E-state index contributed by atoms with van der Waals surface area (Å²) in [5, 5.41) is 33.3. The number of ketones is 1. The van der Waals surface area contributed by atoms with Gasteiger partial charge in [-0.2, -0.15) is 0 Å². The van der Waals surface area contributed by atoms with Crippen molar-refractivity contribution in [3.63, 3.8) is 0 Å². The molecule has 0 aromatic rings. The van der Waals surface area contributed by atoms with Crippen molar-refractivity contribution in [1.82, 2.24) is 0 Å². The van der Waals surface area contributed by atoms with Gasteiger partial charge in [0.15, 0.2) is 11.5 Å². The summed E-state index contributed by atoms with van der Waals surface area (Å²) in [5.41, 5.74) is -4.02. The lowest BCUT2D eigenvalue weighted by Crippen LogP contribution is -2.79. The molecule has 0 unspecified atom stereocenters. The van der Waals surface area contributed by atoms with Gasteiger partial charge in [-0.15, -0.1) is 0 Å². The smallest absolute Gasteiger partial charge is 0.348 e. The highest BCUT2D eigenvalue weighted by Gasteiger charge is 2.85. The Morgan fingerprint density at radius 3 is 2.47 bits per heavy atom. The predicted octanol–water partition coefficient (Wildman–Crippen LogP) is -0.429. The fourth-order valence-electron chi connectivity index (χ4n) is 8.03. The molecule has 2 saturated carbocycles. The minimum Gasteiger partial charge on any atom is -0.504 e. The molecule has 5 rings (SSSR count). The molecule has 3 aliphatic carbocycles. The van der Waals surface area contributed by atoms with Crippen LogP contribution in [0.1, 0.15) is 33.6 Å². The monoisotopic (exact) mass is 480 g/mol. The number of esters is 3. The largest absolute Gasteiger partial charge is 0.504 e. The molecule has 5 aliphatic rings. The standard InChI is InChI=1S/C23H28O11/c1-8-10-5-12-22-7-32-23(20(30)31-4,17(22)15(19(29)34-12)33-9(2)24)18(28)14(27)16(22)21(10,3)6-11(25)13(8)26/h10,12,14-18,26-28H,5-7H2,1-4H3/t10-,12+,14+,15+,16+,17+,18-,21-,22+,23+/m0/s1. The fraction of sp³-hybridized carbons (Fsp3) is 0.739. The molecular weight excluding hydrogens is 452 g/mol. The van der Waals surface area contributed by atoms with Crippen molar-refractivity contribution < 1.29 is 53.4 Å². The number of fused-ring (bicyclic) bond motifs is 2. The summed E-state index contributed by atoms with van der Waals surface area (Å²) in [6, 6.07) is 0. The Hall–Kier alpha value is -2.50. The topological polar surface area (TPSA) is 166 Å². The molecule has 0 radical (unpaired) electrons. The molecule has 0 aromatic carbocycles. The average molecular weight is 480 g/mol. The van der Waals surface area contributed by atoms with Crippen LogP contribution in [0.25, 0.3) is 0 Å². The Balaban J connectivity index is 1.78. The maximum Gasteiger partial charge on any atom is 0.348 e. The molecule has 3 N–H and O–H groups in total. The number of rotatable bonds is 2. The second-order valence-corrected chi connectivity index (χ2v) is 10.5. The molecule has 0 amide bonds. The van der Waals surface area contributed by atoms with Crippen molar-refractivity contribution in [3.8, 4) is 0 Å². The van der Waals surface area contributed by atoms with Gasteiger partial charge in [-0.05, 0) is 30.3 Å². The number of carbonyl (C=O) groups excluding carboxylic acids is 4. The Kier molecular flexibility index (Phi) is 4.80. The summed E-state index contributed by atoms with van der Waals surface area (Å²) < 4.78 is 22.0. The molecule has 1 spiro atoms. The number of hydrogen-bond donors (Lipinski definition) is 3. The first-order chi connectivity index (χ1) is 15.9. The molecule has 0 aromatic heterocycles. The number of allylic oxidation sites excluding steroid dienone is 2. The van der Waals surface area contributed by atoms with Gasteiger partial charge < -0.3 is 34.3 Å². The highest BCUT2D eigenvalue weighted by atomic mass is 16.6. The molecule has 11 nitrogen and oxygen atoms in total. The van der Waals surface area contributed by atoms with E-state index in [1.165, 1.54) is 0 Å². The summed E-state index contributed by atoms with van der Waals surface area (Å²) in [7, 11) is 1.09. The SMILES string of the molecule is COC(=O)[C@]12OC[C@]34[C@H]([C@@H](O)[C@@H]1O)[C@@]1(C)CC(=O)C(O)=C(C)[C@@H]1C[C@H]3OC(=O)[C@H](OC(C)=O)[C@@H]24. The van der Waals surface area contributed by atoms with Crippen LogP contribution in [0.3, 0.4) is 0 Å². The average Bonchev–Trinajstić information content (AvgIpc) is 3.08. The van der Waals surface area contributed by atoms with Crippen molar-refractivity contribution >= 4 is 23.7 Å². The normalized spacial score (nSPS) is 49.1. The van der Waals surface area contributed by atoms with Gasteiger partial charge in [-0.3, -0.25) is 9.59 Å². The van der Waals surface area contributed by atoms with Crippen LogP contribution in [-0.2, 0) is 38.1 Å². The fourth-order valence-corrected chi connectivity index (χ4v) is 8.03. The van der Waals surface area contributed by atoms with Gasteiger partial charge in [0.1, 0.15) is 12.2 Å². The minimum absolute atomic E-state index is 0.131. The zero-order chi connectivity index (χ0) is 25.0. The Morgan fingerprint density at radius 1 is 1.18 bits per heavy atom. The Morgan fingerprint density at radius 2 is 1.85 bits per heavy atom. The van der Waals surface area contributed by atoms with E-state index in [4.69, 9.17) is 18.9 Å². The third kappa shape index (κ3) is 2.42. The van der Waals surface area contributed by atoms with Gasteiger partial charge in [0.05, 0.1) is 25.7 Å². The number of methoxy groups -OCH3 is 1. The van der Waals surface area contributed by atoms with E-state index in [-0.39, 0.29) is 25.2 Å². The van der Waals surface area contributed by atoms with E-state index in [0.29, 0.717) is 5.57 Å². The third-order valence-corrected chi connectivity index (χ3v) is 9.13. The molecule has 186 valence electrons. The second kappa shape index (κ2) is 7.02. The number of hydrogen-bond acceptors (Lipinski definition) is 11. The van der Waals surface area contributed by atoms with Gasteiger partial charge in [0.2, 0.25) is 11.7 Å². The second-order valence-electron chi connectivity index (χ2n) is 10.5. The highest BCUT2D eigenvalue weighted by Crippen LogP contribution is 2.72. The molecule has 34 heavy (non-hydrogen) atoms. The molecule has 11 heteroatoms. The van der Waals surface area contributed by atoms with E-state index < -0.39 is 82.3 Å². The van der Waals surface area contributed by atoms with Crippen LogP contribution in [0.2, 0.25) is 0 Å². The van der Waals surface area contributed by atoms with E-state index in [1.807, 2.05) is 0 Å². The van der Waals surface area contributed by atoms with E-state index in [2.05, 4.69) is 0 Å². The zero-order valence-electron chi connectivity index (χ0n) is 19.3. The predicted molar refractivity (Wildman–Crippen MR) is 109 cm³/mol. The molecule has 2 bridgehead atoms. The molecule has 2 saturated heterocycles. The molecular formula is C23H28O11. The summed E-state index contributed by atoms with van der Waals surface area (Å²) in [6.07, 6.45) is -5.85. The number of ether oxygens (including phenoxy) is 4. The first kappa shape index (κ1) is 23.3. The Labute approximate surface area is 195 Å². The first-order valence-corrected chi connectivity index (χ1v) is 11.3. The van der Waals surface area contributed by atoms with Crippen molar-refractivity contribution in [2.45, 2.75) is 63.6 Å². The van der Waals surface area contributed by atoms with Crippen LogP contribution in [0.5, 0.6) is 0 Å². The van der Waals surface area contributed by atoms with Crippen molar-refractivity contribution in [2.24, 2.45) is 28.6 Å². The summed E-state index contributed by atoms with van der Waals surface area (Å²) in [6.45, 7) is 4.30. The van der Waals surface area contributed by atoms with Crippen LogP contribution in [0.15, 0.2) is 11.3 Å². The number of aliphatic hydroxyl groups excluding tert-OH is 3. The van der Waals surface area contributed by atoms with E-state index >= 15 is 0 Å². The maximum atomic E-state index is 13.1. The lowest BCUT2D eigenvalue weighted by molar-refractivity contribution is -0.290. The zero-order valence-corrected chi connectivity index (χ0v) is 19.3. The van der Waals surface area contributed by atoms with Crippen LogP contribution >= 0.6 is 0 Å². The number of aliphatic hydroxyl groups is 3. The van der Waals surface area contributed by atoms with Gasteiger partial charge >= 0.3 is 17.9 Å². The molecule has 10 atom stereocenters. The van der Waals surface area contributed by atoms with Gasteiger partial charge in [0.25, 0.3) is 0 Å². The van der Waals surface area contributed by atoms with Gasteiger partial charge in [0, 0.05) is 24.7 Å². The first-order valence-electron chi connectivity index (χ1n) is 11.3. The third-order valence-electron chi connectivity index (χ3n) is 9.13. The number of Topliss-reactive ketones (excluding diaryl/α,β-unsaturated/α-hetero) is 1. The van der Waals surface area contributed by atoms with Gasteiger partial charge in [-0.1, -0.05) is 6.92 Å². The molecule has 2 heterocycles. The van der Waals surface area contributed by atoms with Crippen LogP contribution < -0.4 is 0 Å². The van der Waals surface area contributed by atoms with Gasteiger partial charge in [-0.25, -0.2) is 9.59 Å². The maximum absolute atomic E-state index is 13.1. The van der Waals surface area contributed by atoms with Crippen LogP contribution in [0.4, 0.5) is 0 Å². The highest BCUT2D eigenvalue weighted by molar-refractivity contribution is 5.95. The Bertz CT molecular complexity index is 1030.